The van der Waals surface area contributed by atoms with Gasteiger partial charge in [0.2, 0.25) is 0 Å². The fraction of sp³-hybridized carbons (Fsp3) is 0.435. The molecule has 2 aliphatic rings. The molecule has 142 valence electrons. The quantitative estimate of drug-likeness (QED) is 0.802. The molecule has 2 fully saturated rings. The van der Waals surface area contributed by atoms with Gasteiger partial charge in [-0.3, -0.25) is 4.79 Å². The summed E-state index contributed by atoms with van der Waals surface area (Å²) in [4.78, 5) is 17.7. The summed E-state index contributed by atoms with van der Waals surface area (Å²) in [5, 5.41) is 0. The summed E-state index contributed by atoms with van der Waals surface area (Å²) in [6.45, 7) is 4.30. The normalized spacial score (nSPS) is 20.2. The van der Waals surface area contributed by atoms with Crippen molar-refractivity contribution >= 4 is 5.91 Å². The maximum atomic E-state index is 13.1. The van der Waals surface area contributed by atoms with Gasteiger partial charge in [0.15, 0.2) is 0 Å². The zero-order valence-electron chi connectivity index (χ0n) is 16.1. The van der Waals surface area contributed by atoms with Crippen molar-refractivity contribution in [2.75, 3.05) is 33.3 Å². The summed E-state index contributed by atoms with van der Waals surface area (Å²) in [7, 11) is 1.67. The highest BCUT2D eigenvalue weighted by atomic mass is 16.5. The Kier molecular flexibility index (Phi) is 5.44. The minimum absolute atomic E-state index is 0.179. The summed E-state index contributed by atoms with van der Waals surface area (Å²) >= 11 is 0. The lowest BCUT2D eigenvalue weighted by Crippen LogP contribution is -2.42. The van der Waals surface area contributed by atoms with Gasteiger partial charge in [-0.25, -0.2) is 0 Å². The van der Waals surface area contributed by atoms with Crippen molar-refractivity contribution in [3.63, 3.8) is 0 Å². The van der Waals surface area contributed by atoms with E-state index in [-0.39, 0.29) is 5.91 Å². The largest absolute Gasteiger partial charge is 0.497 e. The van der Waals surface area contributed by atoms with Crippen molar-refractivity contribution in [3.8, 4) is 16.9 Å². The van der Waals surface area contributed by atoms with Gasteiger partial charge in [-0.1, -0.05) is 24.3 Å². The topological polar surface area (TPSA) is 32.8 Å². The smallest absolute Gasteiger partial charge is 0.254 e. The van der Waals surface area contributed by atoms with Gasteiger partial charge in [0, 0.05) is 24.7 Å². The predicted octanol–water partition coefficient (Wildman–Crippen LogP) is 4.06. The van der Waals surface area contributed by atoms with Crippen LogP contribution in [0, 0.1) is 0 Å². The number of ether oxygens (including phenoxy) is 1. The van der Waals surface area contributed by atoms with Crippen LogP contribution in [0.3, 0.4) is 0 Å². The van der Waals surface area contributed by atoms with E-state index in [1.54, 1.807) is 7.11 Å². The van der Waals surface area contributed by atoms with Crippen LogP contribution in [0.4, 0.5) is 0 Å². The lowest BCUT2D eigenvalue weighted by Gasteiger charge is -2.28. The van der Waals surface area contributed by atoms with Crippen LogP contribution in [0.5, 0.6) is 5.75 Å². The Morgan fingerprint density at radius 3 is 2.19 bits per heavy atom. The average molecular weight is 364 g/mol. The second kappa shape index (κ2) is 8.13. The molecule has 2 heterocycles. The lowest BCUT2D eigenvalue weighted by molar-refractivity contribution is 0.0709. The molecule has 0 N–H and O–H groups in total. The van der Waals surface area contributed by atoms with Crippen LogP contribution in [-0.4, -0.2) is 55.0 Å². The number of amides is 1. The number of likely N-dealkylation sites (tertiary alicyclic amines) is 2. The number of hydrogen-bond acceptors (Lipinski definition) is 3. The molecule has 4 nitrogen and oxygen atoms in total. The Hall–Kier alpha value is -2.33. The molecule has 0 radical (unpaired) electrons. The maximum absolute atomic E-state index is 13.1. The first kappa shape index (κ1) is 18.1. The average Bonchev–Trinajstić information content (AvgIpc) is 3.40. The Bertz CT molecular complexity index is 764. The molecule has 0 bridgehead atoms. The van der Waals surface area contributed by atoms with Crippen molar-refractivity contribution in [1.82, 2.24) is 9.80 Å². The van der Waals surface area contributed by atoms with Gasteiger partial charge in [-0.15, -0.1) is 0 Å². The summed E-state index contributed by atoms with van der Waals surface area (Å²) in [5.41, 5.74) is 3.03. The molecule has 2 aromatic rings. The van der Waals surface area contributed by atoms with Crippen molar-refractivity contribution in [3.05, 3.63) is 54.1 Å². The van der Waals surface area contributed by atoms with Gasteiger partial charge in [-0.05, 0) is 74.2 Å². The summed E-state index contributed by atoms with van der Waals surface area (Å²) in [6.07, 6.45) is 4.85. The van der Waals surface area contributed by atoms with Crippen LogP contribution in [0.25, 0.3) is 11.1 Å². The number of rotatable bonds is 5. The van der Waals surface area contributed by atoms with E-state index in [2.05, 4.69) is 9.80 Å². The molecule has 2 saturated heterocycles. The summed E-state index contributed by atoms with van der Waals surface area (Å²) < 4.78 is 5.22. The number of methoxy groups -OCH3 is 1. The van der Waals surface area contributed by atoms with Crippen molar-refractivity contribution in [2.24, 2.45) is 0 Å². The first-order valence-corrected chi connectivity index (χ1v) is 10.0. The second-order valence-corrected chi connectivity index (χ2v) is 7.61. The molecule has 0 aromatic heterocycles. The van der Waals surface area contributed by atoms with E-state index in [9.17, 15) is 4.79 Å². The van der Waals surface area contributed by atoms with Crippen molar-refractivity contribution < 1.29 is 9.53 Å². The number of benzene rings is 2. The number of carbonyl (C=O) groups is 1. The van der Waals surface area contributed by atoms with E-state index >= 15 is 0 Å². The Morgan fingerprint density at radius 1 is 0.926 bits per heavy atom. The Morgan fingerprint density at radius 2 is 1.56 bits per heavy atom. The fourth-order valence-electron chi connectivity index (χ4n) is 4.31. The minimum Gasteiger partial charge on any atom is -0.497 e. The van der Waals surface area contributed by atoms with E-state index in [1.807, 2.05) is 48.5 Å². The number of hydrogen-bond donors (Lipinski definition) is 0. The number of nitrogens with zero attached hydrogens (tertiary/aromatic N) is 2. The molecule has 1 amide bonds. The summed E-state index contributed by atoms with van der Waals surface area (Å²) in [6, 6.07) is 16.4. The van der Waals surface area contributed by atoms with E-state index in [1.165, 1.54) is 25.9 Å². The molecule has 0 unspecified atom stereocenters. The molecular weight excluding hydrogens is 336 g/mol. The van der Waals surface area contributed by atoms with Crippen molar-refractivity contribution in [2.45, 2.75) is 31.7 Å². The zero-order valence-corrected chi connectivity index (χ0v) is 16.1. The Balaban J connectivity index is 1.44. The Labute approximate surface area is 161 Å². The lowest BCUT2D eigenvalue weighted by atomic mass is 10.0. The van der Waals surface area contributed by atoms with Gasteiger partial charge >= 0.3 is 0 Å². The van der Waals surface area contributed by atoms with Gasteiger partial charge in [-0.2, -0.15) is 0 Å². The van der Waals surface area contributed by atoms with E-state index < -0.39 is 0 Å². The molecule has 4 rings (SSSR count). The summed E-state index contributed by atoms with van der Waals surface area (Å²) in [5.74, 6) is 1.03. The highest BCUT2D eigenvalue weighted by Gasteiger charge is 2.31. The van der Waals surface area contributed by atoms with Crippen LogP contribution >= 0.6 is 0 Å². The van der Waals surface area contributed by atoms with Crippen LogP contribution < -0.4 is 4.74 Å². The van der Waals surface area contributed by atoms with Crippen LogP contribution in [-0.2, 0) is 0 Å². The first-order chi connectivity index (χ1) is 13.2. The fourth-order valence-corrected chi connectivity index (χ4v) is 4.31. The third-order valence-electron chi connectivity index (χ3n) is 5.86. The maximum Gasteiger partial charge on any atom is 0.254 e. The highest BCUT2D eigenvalue weighted by molar-refractivity contribution is 5.95. The van der Waals surface area contributed by atoms with Crippen LogP contribution in [0.1, 0.15) is 36.0 Å². The van der Waals surface area contributed by atoms with Crippen LogP contribution in [0.15, 0.2) is 48.5 Å². The third-order valence-corrected chi connectivity index (χ3v) is 5.86. The monoisotopic (exact) mass is 364 g/mol. The second-order valence-electron chi connectivity index (χ2n) is 7.61. The van der Waals surface area contributed by atoms with E-state index in [0.29, 0.717) is 6.04 Å². The van der Waals surface area contributed by atoms with Crippen molar-refractivity contribution in [1.29, 1.82) is 0 Å². The van der Waals surface area contributed by atoms with E-state index in [4.69, 9.17) is 4.74 Å². The van der Waals surface area contributed by atoms with Gasteiger partial charge in [0.05, 0.1) is 7.11 Å². The minimum atomic E-state index is 0.179. The molecule has 0 aliphatic carbocycles. The molecule has 27 heavy (non-hydrogen) atoms. The highest BCUT2D eigenvalue weighted by Crippen LogP contribution is 2.25. The van der Waals surface area contributed by atoms with Gasteiger partial charge < -0.3 is 14.5 Å². The third kappa shape index (κ3) is 4.01. The van der Waals surface area contributed by atoms with Crippen LogP contribution in [0.2, 0.25) is 0 Å². The molecule has 0 spiro atoms. The molecule has 2 aliphatic heterocycles. The SMILES string of the molecule is COc1ccc(-c2ccc(C(=O)N3CCC[C@H]3CN3CCCC3)cc2)cc1. The van der Waals surface area contributed by atoms with Gasteiger partial charge in [0.25, 0.3) is 5.91 Å². The standard InChI is InChI=1S/C23H28N2O2/c1-27-22-12-10-19(11-13-22)18-6-8-20(9-7-18)23(26)25-16-4-5-21(25)17-24-14-2-3-15-24/h6-13,21H,2-5,14-17H2,1H3/t21-/m0/s1. The molecule has 4 heteroatoms. The van der Waals surface area contributed by atoms with E-state index in [0.717, 1.165) is 48.4 Å². The molecular formula is C23H28N2O2. The molecule has 0 saturated carbocycles. The number of carbonyl (C=O) groups excluding carboxylic acids is 1. The first-order valence-electron chi connectivity index (χ1n) is 10.0. The molecule has 2 aromatic carbocycles. The molecule has 1 atom stereocenters. The zero-order chi connectivity index (χ0) is 18.6. The predicted molar refractivity (Wildman–Crippen MR) is 108 cm³/mol. The van der Waals surface area contributed by atoms with Gasteiger partial charge in [0.1, 0.15) is 5.75 Å².